The third kappa shape index (κ3) is 4.56. The van der Waals surface area contributed by atoms with Crippen LogP contribution in [-0.4, -0.2) is 60.0 Å². The van der Waals surface area contributed by atoms with Crippen LogP contribution in [0.2, 0.25) is 0 Å². The molecule has 2 aliphatic rings. The topological polar surface area (TPSA) is 70.8 Å². The Morgan fingerprint density at radius 3 is 2.62 bits per heavy atom. The first-order valence-corrected chi connectivity index (χ1v) is 7.98. The minimum absolute atomic E-state index is 0.110. The fourth-order valence-corrected chi connectivity index (χ4v) is 3.10. The lowest BCUT2D eigenvalue weighted by Gasteiger charge is -2.40. The Labute approximate surface area is 128 Å². The summed E-state index contributed by atoms with van der Waals surface area (Å²) in [6.45, 7) is 7.66. The maximum atomic E-state index is 12.2. The van der Waals surface area contributed by atoms with Gasteiger partial charge < -0.3 is 15.4 Å². The molecular formula is C15H30N4O2. The number of carbonyl (C=O) groups is 1. The average Bonchev–Trinajstić information content (AvgIpc) is 2.83. The van der Waals surface area contributed by atoms with Gasteiger partial charge >= 0.3 is 6.09 Å². The van der Waals surface area contributed by atoms with E-state index in [1.54, 1.807) is 4.90 Å². The minimum atomic E-state index is -0.445. The molecular weight excluding hydrogens is 268 g/mol. The molecule has 2 aliphatic heterocycles. The van der Waals surface area contributed by atoms with Gasteiger partial charge in [0.1, 0.15) is 5.60 Å². The maximum absolute atomic E-state index is 12.2. The molecule has 122 valence electrons. The lowest BCUT2D eigenvalue weighted by atomic mass is 10.0. The van der Waals surface area contributed by atoms with Crippen molar-refractivity contribution in [2.45, 2.75) is 70.4 Å². The Morgan fingerprint density at radius 1 is 1.33 bits per heavy atom. The van der Waals surface area contributed by atoms with E-state index in [1.807, 2.05) is 27.8 Å². The second kappa shape index (κ2) is 6.50. The summed E-state index contributed by atoms with van der Waals surface area (Å²) in [5.74, 6) is 0. The van der Waals surface area contributed by atoms with Gasteiger partial charge in [-0.05, 0) is 53.0 Å². The summed E-state index contributed by atoms with van der Waals surface area (Å²) in [6.07, 6.45) is 4.48. The quantitative estimate of drug-likeness (QED) is 0.804. The second-order valence-corrected chi connectivity index (χ2v) is 7.25. The number of likely N-dealkylation sites (N-methyl/N-ethyl adjacent to an activating group) is 1. The number of amides is 1. The smallest absolute Gasteiger partial charge is 0.410 e. The van der Waals surface area contributed by atoms with Crippen LogP contribution in [0.1, 0.15) is 46.5 Å². The summed E-state index contributed by atoms with van der Waals surface area (Å²) in [6, 6.07) is 0.215. The van der Waals surface area contributed by atoms with Crippen molar-refractivity contribution in [3.8, 4) is 0 Å². The Bertz CT molecular complexity index is 369. The SMILES string of the molecule is CN(C(=O)OC(C)(C)C)C1CCCN(C2CCC(N)N2)C1. The molecule has 6 heteroatoms. The molecule has 3 N–H and O–H groups in total. The molecule has 6 nitrogen and oxygen atoms in total. The number of nitrogens with two attached hydrogens (primary N) is 1. The van der Waals surface area contributed by atoms with Gasteiger partial charge in [-0.3, -0.25) is 10.2 Å². The predicted octanol–water partition coefficient (Wildman–Crippen LogP) is 1.31. The summed E-state index contributed by atoms with van der Waals surface area (Å²) >= 11 is 0. The van der Waals surface area contributed by atoms with Crippen molar-refractivity contribution in [2.75, 3.05) is 20.1 Å². The highest BCUT2D eigenvalue weighted by Gasteiger charge is 2.33. The predicted molar refractivity (Wildman–Crippen MR) is 82.7 cm³/mol. The highest BCUT2D eigenvalue weighted by molar-refractivity contribution is 5.68. The van der Waals surface area contributed by atoms with Crippen molar-refractivity contribution in [3.63, 3.8) is 0 Å². The normalized spacial score (nSPS) is 31.2. The van der Waals surface area contributed by atoms with E-state index in [4.69, 9.17) is 10.5 Å². The fourth-order valence-electron chi connectivity index (χ4n) is 3.10. The van der Waals surface area contributed by atoms with E-state index >= 15 is 0 Å². The van der Waals surface area contributed by atoms with Gasteiger partial charge in [0.05, 0.1) is 12.3 Å². The Hall–Kier alpha value is -0.850. The summed E-state index contributed by atoms with van der Waals surface area (Å²) in [5, 5.41) is 3.42. The second-order valence-electron chi connectivity index (χ2n) is 7.25. The van der Waals surface area contributed by atoms with E-state index in [0.29, 0.717) is 6.17 Å². The molecule has 0 aromatic rings. The monoisotopic (exact) mass is 298 g/mol. The minimum Gasteiger partial charge on any atom is -0.444 e. The Kier molecular flexibility index (Phi) is 5.11. The number of carbonyl (C=O) groups excluding carboxylic acids is 1. The first-order chi connectivity index (χ1) is 9.76. The molecule has 0 saturated carbocycles. The van der Waals surface area contributed by atoms with E-state index in [2.05, 4.69) is 10.2 Å². The molecule has 0 aliphatic carbocycles. The van der Waals surface area contributed by atoms with Gasteiger partial charge in [-0.25, -0.2) is 4.79 Å². The third-order valence-electron chi connectivity index (χ3n) is 4.26. The largest absolute Gasteiger partial charge is 0.444 e. The van der Waals surface area contributed by atoms with Gasteiger partial charge in [-0.1, -0.05) is 0 Å². The number of hydrogen-bond acceptors (Lipinski definition) is 5. The number of likely N-dealkylation sites (tertiary alicyclic amines) is 1. The van der Waals surface area contributed by atoms with Crippen LogP contribution in [0.5, 0.6) is 0 Å². The number of nitrogens with zero attached hydrogens (tertiary/aromatic N) is 2. The lowest BCUT2D eigenvalue weighted by molar-refractivity contribution is 0.00893. The number of piperidine rings is 1. The van der Waals surface area contributed by atoms with Crippen molar-refractivity contribution in [2.24, 2.45) is 5.73 Å². The molecule has 2 saturated heterocycles. The number of ether oxygens (including phenoxy) is 1. The van der Waals surface area contributed by atoms with Gasteiger partial charge in [0.25, 0.3) is 0 Å². The van der Waals surface area contributed by atoms with Gasteiger partial charge in [0.2, 0.25) is 0 Å². The number of hydrogen-bond donors (Lipinski definition) is 2. The molecule has 3 atom stereocenters. The van der Waals surface area contributed by atoms with Crippen LogP contribution in [0.4, 0.5) is 4.79 Å². The van der Waals surface area contributed by atoms with Crippen molar-refractivity contribution in [3.05, 3.63) is 0 Å². The van der Waals surface area contributed by atoms with Gasteiger partial charge in [-0.2, -0.15) is 0 Å². The van der Waals surface area contributed by atoms with Crippen molar-refractivity contribution >= 4 is 6.09 Å². The summed E-state index contributed by atoms with van der Waals surface area (Å²) in [7, 11) is 1.84. The molecule has 2 fully saturated rings. The lowest BCUT2D eigenvalue weighted by Crippen LogP contribution is -2.55. The van der Waals surface area contributed by atoms with E-state index in [-0.39, 0.29) is 18.3 Å². The molecule has 0 aromatic heterocycles. The first-order valence-electron chi connectivity index (χ1n) is 7.98. The van der Waals surface area contributed by atoms with Gasteiger partial charge in [0.15, 0.2) is 0 Å². The molecule has 0 aromatic carbocycles. The van der Waals surface area contributed by atoms with Crippen LogP contribution in [0.15, 0.2) is 0 Å². The highest BCUT2D eigenvalue weighted by Crippen LogP contribution is 2.22. The summed E-state index contributed by atoms with van der Waals surface area (Å²) < 4.78 is 5.46. The zero-order valence-electron chi connectivity index (χ0n) is 13.8. The zero-order valence-corrected chi connectivity index (χ0v) is 13.8. The highest BCUT2D eigenvalue weighted by atomic mass is 16.6. The summed E-state index contributed by atoms with van der Waals surface area (Å²) in [5.41, 5.74) is 5.48. The van der Waals surface area contributed by atoms with Crippen molar-refractivity contribution in [1.29, 1.82) is 0 Å². The van der Waals surface area contributed by atoms with Gasteiger partial charge in [-0.15, -0.1) is 0 Å². The number of nitrogens with one attached hydrogen (secondary N) is 1. The third-order valence-corrected chi connectivity index (χ3v) is 4.26. The zero-order chi connectivity index (χ0) is 15.6. The van der Waals surface area contributed by atoms with E-state index < -0.39 is 5.60 Å². The van der Waals surface area contributed by atoms with Crippen molar-refractivity contribution < 1.29 is 9.53 Å². The molecule has 3 unspecified atom stereocenters. The summed E-state index contributed by atoms with van der Waals surface area (Å²) in [4.78, 5) is 16.4. The van der Waals surface area contributed by atoms with E-state index in [1.165, 1.54) is 0 Å². The molecule has 2 rings (SSSR count). The maximum Gasteiger partial charge on any atom is 0.410 e. The van der Waals surface area contributed by atoms with Gasteiger partial charge in [0, 0.05) is 19.6 Å². The average molecular weight is 298 g/mol. The van der Waals surface area contributed by atoms with Crippen LogP contribution >= 0.6 is 0 Å². The van der Waals surface area contributed by atoms with Crippen LogP contribution in [0, 0.1) is 0 Å². The molecule has 2 heterocycles. The molecule has 1 amide bonds. The van der Waals surface area contributed by atoms with Crippen LogP contribution in [0.3, 0.4) is 0 Å². The van der Waals surface area contributed by atoms with Crippen LogP contribution in [-0.2, 0) is 4.74 Å². The van der Waals surface area contributed by atoms with E-state index in [0.717, 1.165) is 38.8 Å². The molecule has 0 bridgehead atoms. The fraction of sp³-hybridized carbons (Fsp3) is 0.933. The van der Waals surface area contributed by atoms with Crippen LogP contribution < -0.4 is 11.1 Å². The molecule has 21 heavy (non-hydrogen) atoms. The van der Waals surface area contributed by atoms with E-state index in [9.17, 15) is 4.79 Å². The number of rotatable bonds is 2. The molecule has 0 radical (unpaired) electrons. The van der Waals surface area contributed by atoms with Crippen molar-refractivity contribution in [1.82, 2.24) is 15.1 Å². The Balaban J connectivity index is 1.89. The standard InChI is InChI=1S/C15H30N4O2/c1-15(2,3)21-14(20)18(4)11-6-5-9-19(10-11)13-8-7-12(16)17-13/h11-13,17H,5-10,16H2,1-4H3. The van der Waals surface area contributed by atoms with Crippen LogP contribution in [0.25, 0.3) is 0 Å². The Morgan fingerprint density at radius 2 is 2.05 bits per heavy atom. The first kappa shape index (κ1) is 16.5. The molecule has 0 spiro atoms.